The molecule has 0 N–H and O–H groups in total. The molecule has 0 radical (unpaired) electrons. The number of rotatable bonds is 4. The van der Waals surface area contributed by atoms with Crippen molar-refractivity contribution in [2.45, 2.75) is 20.3 Å². The van der Waals surface area contributed by atoms with Gasteiger partial charge in [-0.05, 0) is 12.3 Å². The van der Waals surface area contributed by atoms with Crippen molar-refractivity contribution in [1.29, 1.82) is 0 Å². The Kier molecular flexibility index (Phi) is 5.85. The maximum atomic E-state index is 3.57. The Morgan fingerprint density at radius 1 is 1.20 bits per heavy atom. The Bertz CT molecular complexity index is 127. The molecule has 0 aromatic carbocycles. The maximum Gasteiger partial charge on any atom is -0.0324 e. The molecule has 0 saturated carbocycles. The molecule has 0 heterocycles. The van der Waals surface area contributed by atoms with Crippen LogP contribution in [0, 0.1) is 5.92 Å². The molecule has 0 fully saturated rings. The van der Waals surface area contributed by atoms with Gasteiger partial charge in [0.15, 0.2) is 0 Å². The predicted molar refractivity (Wildman–Crippen MR) is 47.9 cm³/mol. The highest BCUT2D eigenvalue weighted by Gasteiger charge is 1.84. The van der Waals surface area contributed by atoms with Crippen LogP contribution in [-0.4, -0.2) is 0 Å². The summed E-state index contributed by atoms with van der Waals surface area (Å²) in [7, 11) is 0. The van der Waals surface area contributed by atoms with Crippen LogP contribution in [0.5, 0.6) is 0 Å². The Hall–Kier alpha value is -0.780. The van der Waals surface area contributed by atoms with Crippen LogP contribution >= 0.6 is 0 Å². The van der Waals surface area contributed by atoms with Gasteiger partial charge in [-0.3, -0.25) is 0 Å². The second kappa shape index (κ2) is 6.34. The number of hydrogen-bond donors (Lipinski definition) is 0. The van der Waals surface area contributed by atoms with Crippen LogP contribution < -0.4 is 0 Å². The summed E-state index contributed by atoms with van der Waals surface area (Å²) in [5.74, 6) is 0.758. The van der Waals surface area contributed by atoms with Gasteiger partial charge >= 0.3 is 0 Å². The van der Waals surface area contributed by atoms with Crippen molar-refractivity contribution in [3.05, 3.63) is 37.0 Å². The molecule has 0 saturated heterocycles. The lowest BCUT2D eigenvalue weighted by atomic mass is 10.1. The molecule has 0 rings (SSSR count). The van der Waals surface area contributed by atoms with Crippen LogP contribution in [0.2, 0.25) is 0 Å². The topological polar surface area (TPSA) is 0 Å². The van der Waals surface area contributed by atoms with Crippen LogP contribution in [0.1, 0.15) is 20.3 Å². The first-order valence-corrected chi connectivity index (χ1v) is 3.71. The lowest BCUT2D eigenvalue weighted by molar-refractivity contribution is 0.664. The van der Waals surface area contributed by atoms with E-state index in [4.69, 9.17) is 0 Å². The van der Waals surface area contributed by atoms with E-state index in [1.54, 1.807) is 6.08 Å². The third-order valence-electron chi connectivity index (χ3n) is 1.10. The zero-order valence-corrected chi connectivity index (χ0v) is 6.88. The van der Waals surface area contributed by atoms with Gasteiger partial charge in [-0.15, -0.1) is 0 Å². The minimum Gasteiger partial charge on any atom is -0.0991 e. The smallest absolute Gasteiger partial charge is 0.0324 e. The van der Waals surface area contributed by atoms with Crippen LogP contribution in [0.15, 0.2) is 37.0 Å². The third-order valence-corrected chi connectivity index (χ3v) is 1.10. The van der Waals surface area contributed by atoms with E-state index in [9.17, 15) is 0 Å². The normalized spacial score (nSPS) is 11.9. The number of hydrogen-bond acceptors (Lipinski definition) is 0. The molecular weight excluding hydrogens is 120 g/mol. The third kappa shape index (κ3) is 7.22. The fraction of sp³-hybridized carbons (Fsp3) is 0.400. The van der Waals surface area contributed by atoms with Crippen molar-refractivity contribution in [1.82, 2.24) is 0 Å². The van der Waals surface area contributed by atoms with Crippen LogP contribution in [-0.2, 0) is 0 Å². The summed E-state index contributed by atoms with van der Waals surface area (Å²) in [6.45, 7) is 7.99. The first-order chi connectivity index (χ1) is 4.77. The molecule has 0 nitrogen and oxygen atoms in total. The molecular formula is C10H16. The first-order valence-electron chi connectivity index (χ1n) is 3.71. The van der Waals surface area contributed by atoms with E-state index in [0.717, 1.165) is 12.3 Å². The lowest BCUT2D eigenvalue weighted by Crippen LogP contribution is -1.80. The van der Waals surface area contributed by atoms with Crippen molar-refractivity contribution in [2.75, 3.05) is 0 Å². The van der Waals surface area contributed by atoms with E-state index in [1.165, 1.54) is 0 Å². The zero-order chi connectivity index (χ0) is 7.82. The Labute approximate surface area is 64.0 Å². The zero-order valence-electron chi connectivity index (χ0n) is 6.88. The lowest BCUT2D eigenvalue weighted by Gasteiger charge is -1.94. The summed E-state index contributed by atoms with van der Waals surface area (Å²) in [6, 6.07) is 0. The van der Waals surface area contributed by atoms with Crippen molar-refractivity contribution in [3.8, 4) is 0 Å². The van der Waals surface area contributed by atoms with E-state index in [1.807, 2.05) is 12.2 Å². The second-order valence-corrected chi connectivity index (χ2v) is 2.68. The molecule has 0 aliphatic carbocycles. The quantitative estimate of drug-likeness (QED) is 0.520. The molecule has 0 atom stereocenters. The summed E-state index contributed by atoms with van der Waals surface area (Å²) >= 11 is 0. The summed E-state index contributed by atoms with van der Waals surface area (Å²) in [4.78, 5) is 0. The van der Waals surface area contributed by atoms with Crippen molar-refractivity contribution in [3.63, 3.8) is 0 Å². The highest BCUT2D eigenvalue weighted by Crippen LogP contribution is 1.99. The summed E-state index contributed by atoms with van der Waals surface area (Å²) in [5, 5.41) is 0. The summed E-state index contributed by atoms with van der Waals surface area (Å²) < 4.78 is 0. The van der Waals surface area contributed by atoms with Crippen molar-refractivity contribution in [2.24, 2.45) is 5.92 Å². The molecule has 0 unspecified atom stereocenters. The Morgan fingerprint density at radius 2 is 1.90 bits per heavy atom. The molecule has 0 spiro atoms. The van der Waals surface area contributed by atoms with Gasteiger partial charge in [0, 0.05) is 0 Å². The van der Waals surface area contributed by atoms with Gasteiger partial charge in [-0.25, -0.2) is 0 Å². The van der Waals surface area contributed by atoms with E-state index in [0.29, 0.717) is 0 Å². The minimum absolute atomic E-state index is 0.758. The van der Waals surface area contributed by atoms with Crippen molar-refractivity contribution < 1.29 is 0 Å². The first kappa shape index (κ1) is 9.22. The van der Waals surface area contributed by atoms with E-state index in [2.05, 4.69) is 32.6 Å². The van der Waals surface area contributed by atoms with Crippen LogP contribution in [0.25, 0.3) is 0 Å². The Balaban J connectivity index is 3.37. The minimum atomic E-state index is 0.758. The van der Waals surface area contributed by atoms with Gasteiger partial charge < -0.3 is 0 Å². The average molecular weight is 136 g/mol. The molecule has 0 aliphatic rings. The molecule has 10 heavy (non-hydrogen) atoms. The highest BCUT2D eigenvalue weighted by atomic mass is 13.9. The molecule has 0 aromatic rings. The van der Waals surface area contributed by atoms with E-state index >= 15 is 0 Å². The standard InChI is InChI=1S/C10H16/c1-4-5-6-7-8-9-10(2)3/h4-8,10H,1,9H2,2-3H3. The van der Waals surface area contributed by atoms with Crippen LogP contribution in [0.3, 0.4) is 0 Å². The largest absolute Gasteiger partial charge is 0.0991 e. The fourth-order valence-electron chi connectivity index (χ4n) is 0.572. The Morgan fingerprint density at radius 3 is 2.40 bits per heavy atom. The van der Waals surface area contributed by atoms with E-state index in [-0.39, 0.29) is 0 Å². The maximum absolute atomic E-state index is 3.57. The van der Waals surface area contributed by atoms with E-state index < -0.39 is 0 Å². The molecule has 0 amide bonds. The van der Waals surface area contributed by atoms with Gasteiger partial charge in [-0.1, -0.05) is 50.8 Å². The summed E-state index contributed by atoms with van der Waals surface area (Å²) in [6.07, 6.45) is 11.1. The average Bonchev–Trinajstić information content (AvgIpc) is 1.87. The molecule has 0 aliphatic heterocycles. The molecule has 56 valence electrons. The number of allylic oxidation sites excluding steroid dienone is 5. The predicted octanol–water partition coefficient (Wildman–Crippen LogP) is 3.33. The summed E-state index contributed by atoms with van der Waals surface area (Å²) in [5.41, 5.74) is 0. The van der Waals surface area contributed by atoms with Crippen LogP contribution in [0.4, 0.5) is 0 Å². The van der Waals surface area contributed by atoms with Gasteiger partial charge in [0.25, 0.3) is 0 Å². The van der Waals surface area contributed by atoms with Gasteiger partial charge in [0.1, 0.15) is 0 Å². The van der Waals surface area contributed by atoms with Gasteiger partial charge in [-0.2, -0.15) is 0 Å². The highest BCUT2D eigenvalue weighted by molar-refractivity contribution is 5.08. The monoisotopic (exact) mass is 136 g/mol. The molecule has 0 bridgehead atoms. The second-order valence-electron chi connectivity index (χ2n) is 2.68. The van der Waals surface area contributed by atoms with Gasteiger partial charge in [0.2, 0.25) is 0 Å². The van der Waals surface area contributed by atoms with Gasteiger partial charge in [0.05, 0.1) is 0 Å². The van der Waals surface area contributed by atoms with Crippen molar-refractivity contribution >= 4 is 0 Å². The molecule has 0 heteroatoms. The fourth-order valence-corrected chi connectivity index (χ4v) is 0.572. The molecule has 0 aromatic heterocycles. The SMILES string of the molecule is C=CC=CC=CCC(C)C.